The molecule has 1 N–H and O–H groups in total. The number of aliphatic hydroxyl groups is 1. The van der Waals surface area contributed by atoms with Crippen molar-refractivity contribution in [2.24, 2.45) is 0 Å². The second kappa shape index (κ2) is 8.96. The van der Waals surface area contributed by atoms with Crippen molar-refractivity contribution in [3.63, 3.8) is 0 Å². The molecule has 5 rings (SSSR count). The van der Waals surface area contributed by atoms with Gasteiger partial charge in [-0.1, -0.05) is 35.9 Å². The third kappa shape index (κ3) is 4.06. The molecule has 0 bridgehead atoms. The van der Waals surface area contributed by atoms with Crippen LogP contribution in [0.4, 0.5) is 5.69 Å². The Morgan fingerprint density at radius 3 is 2.57 bits per heavy atom. The smallest absolute Gasteiger partial charge is 0.294 e. The highest BCUT2D eigenvalue weighted by Gasteiger charge is 2.45. The molecule has 0 saturated carbocycles. The molecule has 0 aliphatic carbocycles. The van der Waals surface area contributed by atoms with Gasteiger partial charge in [-0.3, -0.25) is 14.5 Å². The van der Waals surface area contributed by atoms with Crippen LogP contribution in [-0.2, 0) is 4.79 Å². The molecule has 2 heterocycles. The normalized spacial score (nSPS) is 15.8. The molecule has 0 spiro atoms. The third-order valence-corrected chi connectivity index (χ3v) is 6.18. The molecule has 0 radical (unpaired) electrons. The van der Waals surface area contributed by atoms with Crippen molar-refractivity contribution in [1.29, 1.82) is 0 Å². The Morgan fingerprint density at radius 2 is 1.86 bits per heavy atom. The van der Waals surface area contributed by atoms with Crippen molar-refractivity contribution in [1.82, 2.24) is 0 Å². The number of hydrogen-bond donors (Lipinski definition) is 1. The van der Waals surface area contributed by atoms with Crippen LogP contribution in [0.5, 0.6) is 5.75 Å². The maximum Gasteiger partial charge on any atom is 0.294 e. The largest absolute Gasteiger partial charge is 0.503 e. The molecule has 7 heteroatoms. The van der Waals surface area contributed by atoms with E-state index in [9.17, 15) is 14.7 Å². The number of halogens is 1. The molecule has 1 unspecified atom stereocenters. The van der Waals surface area contributed by atoms with Crippen LogP contribution in [0, 0.1) is 6.92 Å². The van der Waals surface area contributed by atoms with E-state index in [1.54, 1.807) is 54.6 Å². The second-order valence-corrected chi connectivity index (χ2v) is 8.74. The van der Waals surface area contributed by atoms with Crippen LogP contribution in [0.15, 0.2) is 88.5 Å². The Kier molecular flexibility index (Phi) is 5.83. The standard InChI is InChI=1S/C28H22ClNO5/c1-3-34-21-10-7-17(8-11-21)25-24(26(31)23-15-18-14-19(29)9-12-22(18)35-23)27(32)28(33)30(25)20-6-4-5-16(2)13-20/h4-15,25,32H,3H2,1-2H3. The van der Waals surface area contributed by atoms with Crippen LogP contribution in [0.25, 0.3) is 11.0 Å². The zero-order valence-corrected chi connectivity index (χ0v) is 19.9. The van der Waals surface area contributed by atoms with Crippen LogP contribution in [0.1, 0.15) is 34.6 Å². The van der Waals surface area contributed by atoms with E-state index >= 15 is 0 Å². The molecule has 35 heavy (non-hydrogen) atoms. The van der Waals surface area contributed by atoms with Crippen molar-refractivity contribution >= 4 is 39.9 Å². The van der Waals surface area contributed by atoms with Crippen molar-refractivity contribution in [2.75, 3.05) is 11.5 Å². The predicted octanol–water partition coefficient (Wildman–Crippen LogP) is 6.58. The van der Waals surface area contributed by atoms with Gasteiger partial charge >= 0.3 is 0 Å². The summed E-state index contributed by atoms with van der Waals surface area (Å²) in [6, 6.07) is 20.2. The van der Waals surface area contributed by atoms with Crippen LogP contribution < -0.4 is 9.64 Å². The molecule has 0 fully saturated rings. The number of Topliss-reactive ketones (excluding diaryl/α,β-unsaturated/α-hetero) is 1. The van der Waals surface area contributed by atoms with Gasteiger partial charge in [-0.05, 0) is 73.5 Å². The van der Waals surface area contributed by atoms with Crippen LogP contribution in [0.3, 0.4) is 0 Å². The molecule has 1 atom stereocenters. The third-order valence-electron chi connectivity index (χ3n) is 5.94. The van der Waals surface area contributed by atoms with Gasteiger partial charge in [0.25, 0.3) is 5.91 Å². The van der Waals surface area contributed by atoms with Crippen LogP contribution >= 0.6 is 11.6 Å². The minimum Gasteiger partial charge on any atom is -0.503 e. The average Bonchev–Trinajstić information content (AvgIpc) is 3.38. The number of rotatable bonds is 6. The van der Waals surface area contributed by atoms with E-state index in [-0.39, 0.29) is 11.3 Å². The summed E-state index contributed by atoms with van der Waals surface area (Å²) >= 11 is 6.08. The van der Waals surface area contributed by atoms with Gasteiger partial charge in [0.1, 0.15) is 11.3 Å². The van der Waals surface area contributed by atoms with Crippen molar-refractivity contribution < 1.29 is 23.8 Å². The zero-order chi connectivity index (χ0) is 24.7. The van der Waals surface area contributed by atoms with Gasteiger partial charge in [0.05, 0.1) is 18.2 Å². The Bertz CT molecular complexity index is 1490. The average molecular weight is 488 g/mol. The van der Waals surface area contributed by atoms with Crippen LogP contribution in [-0.4, -0.2) is 23.4 Å². The molecule has 176 valence electrons. The highest BCUT2D eigenvalue weighted by molar-refractivity contribution is 6.31. The number of amides is 1. The summed E-state index contributed by atoms with van der Waals surface area (Å²) in [5, 5.41) is 12.1. The number of benzene rings is 3. The van der Waals surface area contributed by atoms with Gasteiger partial charge in [-0.15, -0.1) is 0 Å². The summed E-state index contributed by atoms with van der Waals surface area (Å²) in [7, 11) is 0. The number of hydrogen-bond acceptors (Lipinski definition) is 5. The van der Waals surface area contributed by atoms with E-state index in [1.165, 1.54) is 4.90 Å². The van der Waals surface area contributed by atoms with Gasteiger partial charge in [0.2, 0.25) is 5.78 Å². The molecule has 1 aromatic heterocycles. The summed E-state index contributed by atoms with van der Waals surface area (Å²) in [5.74, 6) is -1.15. The Balaban J connectivity index is 1.64. The quantitative estimate of drug-likeness (QED) is 0.311. The van der Waals surface area contributed by atoms with Crippen LogP contribution in [0.2, 0.25) is 5.02 Å². The summed E-state index contributed by atoms with van der Waals surface area (Å²) in [6.45, 7) is 4.31. The van der Waals surface area contributed by atoms with Gasteiger partial charge < -0.3 is 14.3 Å². The fraction of sp³-hybridized carbons (Fsp3) is 0.143. The van der Waals surface area contributed by atoms with E-state index in [1.807, 2.05) is 32.0 Å². The van der Waals surface area contributed by atoms with E-state index < -0.39 is 23.5 Å². The molecule has 3 aromatic carbocycles. The first-order valence-electron chi connectivity index (χ1n) is 11.2. The first kappa shape index (κ1) is 22.7. The number of furan rings is 1. The van der Waals surface area contributed by atoms with Crippen molar-refractivity contribution in [2.45, 2.75) is 19.9 Å². The summed E-state index contributed by atoms with van der Waals surface area (Å²) in [4.78, 5) is 28.5. The molecule has 4 aromatic rings. The predicted molar refractivity (Wildman–Crippen MR) is 134 cm³/mol. The SMILES string of the molecule is CCOc1ccc(C2C(C(=O)c3cc4cc(Cl)ccc4o3)=C(O)C(=O)N2c2cccc(C)c2)cc1. The summed E-state index contributed by atoms with van der Waals surface area (Å²) < 4.78 is 11.3. The fourth-order valence-corrected chi connectivity index (χ4v) is 4.55. The Labute approximate surface area is 207 Å². The Hall–Kier alpha value is -4.03. The number of fused-ring (bicyclic) bond motifs is 1. The molecule has 0 saturated heterocycles. The maximum absolute atomic E-state index is 13.7. The number of aryl methyl sites for hydroxylation is 1. The summed E-state index contributed by atoms with van der Waals surface area (Å²) in [5.41, 5.74) is 2.59. The first-order valence-corrected chi connectivity index (χ1v) is 11.5. The Morgan fingerprint density at radius 1 is 1.09 bits per heavy atom. The lowest BCUT2D eigenvalue weighted by atomic mass is 9.94. The molecule has 1 amide bonds. The lowest BCUT2D eigenvalue weighted by Crippen LogP contribution is -2.31. The van der Waals surface area contributed by atoms with E-state index in [4.69, 9.17) is 20.8 Å². The van der Waals surface area contributed by atoms with Gasteiger partial charge in [-0.2, -0.15) is 0 Å². The first-order chi connectivity index (χ1) is 16.9. The molecule has 1 aliphatic rings. The minimum absolute atomic E-state index is 0.0126. The molecular weight excluding hydrogens is 466 g/mol. The maximum atomic E-state index is 13.7. The fourth-order valence-electron chi connectivity index (χ4n) is 4.37. The second-order valence-electron chi connectivity index (χ2n) is 8.30. The minimum atomic E-state index is -0.857. The molecular formula is C28H22ClNO5. The van der Waals surface area contributed by atoms with E-state index in [2.05, 4.69) is 0 Å². The van der Waals surface area contributed by atoms with E-state index in [0.29, 0.717) is 39.6 Å². The zero-order valence-electron chi connectivity index (χ0n) is 19.1. The number of carbonyl (C=O) groups is 2. The van der Waals surface area contributed by atoms with Gasteiger partial charge in [-0.25, -0.2) is 0 Å². The van der Waals surface area contributed by atoms with Gasteiger partial charge in [0.15, 0.2) is 11.5 Å². The number of aliphatic hydroxyl groups excluding tert-OH is 1. The lowest BCUT2D eigenvalue weighted by molar-refractivity contribution is -0.117. The number of anilines is 1. The van der Waals surface area contributed by atoms with Crippen molar-refractivity contribution in [3.8, 4) is 5.75 Å². The van der Waals surface area contributed by atoms with E-state index in [0.717, 1.165) is 5.56 Å². The lowest BCUT2D eigenvalue weighted by Gasteiger charge is -2.27. The highest BCUT2D eigenvalue weighted by atomic mass is 35.5. The summed E-state index contributed by atoms with van der Waals surface area (Å²) in [6.07, 6.45) is 0. The highest BCUT2D eigenvalue weighted by Crippen LogP contribution is 2.43. The topological polar surface area (TPSA) is 80.0 Å². The molecule has 1 aliphatic heterocycles. The number of ketones is 1. The number of nitrogens with zero attached hydrogens (tertiary/aromatic N) is 1. The van der Waals surface area contributed by atoms with Gasteiger partial charge in [0, 0.05) is 16.1 Å². The number of carbonyl (C=O) groups excluding carboxylic acids is 2. The monoisotopic (exact) mass is 487 g/mol. The van der Waals surface area contributed by atoms with Crippen molar-refractivity contribution in [3.05, 3.63) is 106 Å². The molecule has 6 nitrogen and oxygen atoms in total. The number of ether oxygens (including phenoxy) is 1.